The number of aliphatic hydroxyl groups is 1. The van der Waals surface area contributed by atoms with Crippen molar-refractivity contribution in [1.82, 2.24) is 19.3 Å². The Kier molecular flexibility index (Phi) is 4.70. The molecule has 1 atom stereocenters. The maximum Gasteiger partial charge on any atom is 0.427 e. The Balaban J connectivity index is 1.83. The van der Waals surface area contributed by atoms with Crippen molar-refractivity contribution in [2.75, 3.05) is 0 Å². The molecule has 2 aromatic carbocycles. The highest BCUT2D eigenvalue weighted by molar-refractivity contribution is 5.81. The highest BCUT2D eigenvalue weighted by Gasteiger charge is 2.58. The van der Waals surface area contributed by atoms with Gasteiger partial charge in [0.15, 0.2) is 0 Å². The van der Waals surface area contributed by atoms with Gasteiger partial charge in [-0.05, 0) is 42.0 Å². The van der Waals surface area contributed by atoms with Crippen molar-refractivity contribution in [3.8, 4) is 5.69 Å². The summed E-state index contributed by atoms with van der Waals surface area (Å²) in [5.41, 5.74) is -3.17. The lowest BCUT2D eigenvalue weighted by atomic mass is 9.89. The molecule has 9 heteroatoms. The third-order valence-corrected chi connectivity index (χ3v) is 4.81. The fourth-order valence-corrected chi connectivity index (χ4v) is 3.30. The highest BCUT2D eigenvalue weighted by atomic mass is 19.4. The molecule has 2 heterocycles. The predicted molar refractivity (Wildman–Crippen MR) is 103 cm³/mol. The number of nitrogens with zero attached hydrogens (tertiary/aromatic N) is 4. The average Bonchev–Trinajstić information content (AvgIpc) is 3.34. The molecular formula is C21H16F4N4O. The Bertz CT molecular complexity index is 1210. The van der Waals surface area contributed by atoms with E-state index in [9.17, 15) is 22.7 Å². The van der Waals surface area contributed by atoms with Crippen LogP contribution < -0.4 is 0 Å². The standard InChI is InChI=1S/C21H16F4N4O/c1-2-9-28-12-19(26-13-28)20(30,21(23,24)25)15-3-8-18-14(10-15)11-27-29(18)17-6-4-16(22)5-7-17/h2-8,10-13,30H,1,9H2. The van der Waals surface area contributed by atoms with Gasteiger partial charge in [-0.15, -0.1) is 6.58 Å². The first-order valence-electron chi connectivity index (χ1n) is 8.90. The Morgan fingerprint density at radius 1 is 1.10 bits per heavy atom. The molecule has 0 saturated carbocycles. The van der Waals surface area contributed by atoms with E-state index in [2.05, 4.69) is 16.7 Å². The molecule has 5 nitrogen and oxygen atoms in total. The SMILES string of the molecule is C=CCn1cnc(C(O)(c2ccc3c(cnn3-c3ccc(F)cc3)c2)C(F)(F)F)c1. The summed E-state index contributed by atoms with van der Waals surface area (Å²) < 4.78 is 58.1. The molecule has 4 rings (SSSR count). The minimum atomic E-state index is -5.01. The smallest absolute Gasteiger partial charge is 0.371 e. The van der Waals surface area contributed by atoms with Gasteiger partial charge in [-0.1, -0.05) is 12.1 Å². The van der Waals surface area contributed by atoms with Crippen molar-refractivity contribution in [3.05, 3.63) is 90.9 Å². The van der Waals surface area contributed by atoms with Crippen LogP contribution in [0.4, 0.5) is 17.6 Å². The first kappa shape index (κ1) is 19.8. The fraction of sp³-hybridized carbons (Fsp3) is 0.143. The van der Waals surface area contributed by atoms with Gasteiger partial charge in [0.2, 0.25) is 5.60 Å². The molecule has 0 fully saturated rings. The van der Waals surface area contributed by atoms with Crippen molar-refractivity contribution in [2.24, 2.45) is 0 Å². The normalized spacial score (nSPS) is 14.0. The second-order valence-electron chi connectivity index (χ2n) is 6.76. The van der Waals surface area contributed by atoms with Crippen LogP contribution in [0.15, 0.2) is 73.8 Å². The zero-order valence-corrected chi connectivity index (χ0v) is 15.5. The number of allylic oxidation sites excluding steroid dienone is 1. The van der Waals surface area contributed by atoms with Gasteiger partial charge in [0.05, 0.1) is 23.7 Å². The highest BCUT2D eigenvalue weighted by Crippen LogP contribution is 2.44. The summed E-state index contributed by atoms with van der Waals surface area (Å²) in [6.45, 7) is 3.79. The van der Waals surface area contributed by atoms with Crippen LogP contribution in [0.1, 0.15) is 11.3 Å². The van der Waals surface area contributed by atoms with Gasteiger partial charge in [-0.2, -0.15) is 18.3 Å². The molecule has 0 aliphatic heterocycles. The summed E-state index contributed by atoms with van der Waals surface area (Å²) in [4.78, 5) is 3.78. The van der Waals surface area contributed by atoms with Crippen LogP contribution in [0, 0.1) is 5.82 Å². The van der Waals surface area contributed by atoms with Crippen LogP contribution in [0.5, 0.6) is 0 Å². The molecule has 0 spiro atoms. The molecule has 0 saturated heterocycles. The van der Waals surface area contributed by atoms with Crippen LogP contribution in [0.2, 0.25) is 0 Å². The number of hydrogen-bond donors (Lipinski definition) is 1. The summed E-state index contributed by atoms with van der Waals surface area (Å²) in [5, 5.41) is 15.4. The second-order valence-corrected chi connectivity index (χ2v) is 6.76. The van der Waals surface area contributed by atoms with E-state index in [-0.39, 0.29) is 12.1 Å². The van der Waals surface area contributed by atoms with E-state index in [0.29, 0.717) is 16.6 Å². The molecular weight excluding hydrogens is 400 g/mol. The predicted octanol–water partition coefficient (Wildman–Crippen LogP) is 4.35. The average molecular weight is 416 g/mol. The minimum absolute atomic E-state index is 0.254. The van der Waals surface area contributed by atoms with Gasteiger partial charge in [0, 0.05) is 18.1 Å². The van der Waals surface area contributed by atoms with E-state index < -0.39 is 23.3 Å². The molecule has 0 aliphatic carbocycles. The monoisotopic (exact) mass is 416 g/mol. The number of imidazole rings is 1. The zero-order valence-electron chi connectivity index (χ0n) is 15.5. The van der Waals surface area contributed by atoms with Crippen molar-refractivity contribution in [3.63, 3.8) is 0 Å². The first-order valence-corrected chi connectivity index (χ1v) is 8.90. The molecule has 0 bridgehead atoms. The molecule has 30 heavy (non-hydrogen) atoms. The zero-order chi connectivity index (χ0) is 21.5. The van der Waals surface area contributed by atoms with E-state index in [0.717, 1.165) is 6.20 Å². The summed E-state index contributed by atoms with van der Waals surface area (Å²) in [5.74, 6) is -0.413. The minimum Gasteiger partial charge on any atom is -0.371 e. The summed E-state index contributed by atoms with van der Waals surface area (Å²) in [6.07, 6.45) is 0.227. The molecule has 1 N–H and O–H groups in total. The number of fused-ring (bicyclic) bond motifs is 1. The number of halogens is 4. The fourth-order valence-electron chi connectivity index (χ4n) is 3.30. The molecule has 4 aromatic rings. The maximum absolute atomic E-state index is 14.0. The molecule has 0 amide bonds. The van der Waals surface area contributed by atoms with Gasteiger partial charge in [-0.3, -0.25) is 0 Å². The Morgan fingerprint density at radius 3 is 2.50 bits per heavy atom. The number of rotatable bonds is 5. The number of benzene rings is 2. The van der Waals surface area contributed by atoms with Gasteiger partial charge < -0.3 is 9.67 Å². The first-order chi connectivity index (χ1) is 14.2. The van der Waals surface area contributed by atoms with Crippen LogP contribution >= 0.6 is 0 Å². The van der Waals surface area contributed by atoms with Crippen LogP contribution in [-0.4, -0.2) is 30.6 Å². The van der Waals surface area contributed by atoms with Gasteiger partial charge in [0.25, 0.3) is 0 Å². The Labute approximate surface area is 168 Å². The van der Waals surface area contributed by atoms with Crippen molar-refractivity contribution in [1.29, 1.82) is 0 Å². The van der Waals surface area contributed by atoms with Crippen LogP contribution in [-0.2, 0) is 12.1 Å². The van der Waals surface area contributed by atoms with E-state index in [1.807, 2.05) is 0 Å². The van der Waals surface area contributed by atoms with Crippen molar-refractivity contribution < 1.29 is 22.7 Å². The second kappa shape index (κ2) is 7.10. The third-order valence-electron chi connectivity index (χ3n) is 4.81. The van der Waals surface area contributed by atoms with Gasteiger partial charge in [0.1, 0.15) is 11.5 Å². The molecule has 0 radical (unpaired) electrons. The molecule has 2 aromatic heterocycles. The Morgan fingerprint density at radius 2 is 1.83 bits per heavy atom. The third kappa shape index (κ3) is 3.17. The quantitative estimate of drug-likeness (QED) is 0.389. The molecule has 154 valence electrons. The summed E-state index contributed by atoms with van der Waals surface area (Å²) >= 11 is 0. The van der Waals surface area contributed by atoms with E-state index >= 15 is 0 Å². The van der Waals surface area contributed by atoms with Crippen LogP contribution in [0.25, 0.3) is 16.6 Å². The maximum atomic E-state index is 14.0. The van der Waals surface area contributed by atoms with Gasteiger partial charge >= 0.3 is 6.18 Å². The van der Waals surface area contributed by atoms with E-state index in [1.165, 1.54) is 70.3 Å². The number of aromatic nitrogens is 4. The Hall–Kier alpha value is -3.46. The van der Waals surface area contributed by atoms with Crippen molar-refractivity contribution >= 4 is 10.9 Å². The summed E-state index contributed by atoms with van der Waals surface area (Å²) in [6, 6.07) is 9.38. The lowest BCUT2D eigenvalue weighted by Gasteiger charge is -2.29. The van der Waals surface area contributed by atoms with E-state index in [4.69, 9.17) is 0 Å². The molecule has 1 unspecified atom stereocenters. The summed E-state index contributed by atoms with van der Waals surface area (Å²) in [7, 11) is 0. The van der Waals surface area contributed by atoms with Gasteiger partial charge in [-0.25, -0.2) is 14.1 Å². The largest absolute Gasteiger partial charge is 0.427 e. The van der Waals surface area contributed by atoms with Crippen molar-refractivity contribution in [2.45, 2.75) is 18.3 Å². The lowest BCUT2D eigenvalue weighted by Crippen LogP contribution is -2.43. The topological polar surface area (TPSA) is 55.9 Å². The molecule has 0 aliphatic rings. The van der Waals surface area contributed by atoms with E-state index in [1.54, 1.807) is 0 Å². The number of hydrogen-bond acceptors (Lipinski definition) is 3. The number of alkyl halides is 3. The lowest BCUT2D eigenvalue weighted by molar-refractivity contribution is -0.249. The van der Waals surface area contributed by atoms with Crippen LogP contribution in [0.3, 0.4) is 0 Å².